The van der Waals surface area contributed by atoms with Gasteiger partial charge in [-0.3, -0.25) is 4.79 Å². The molecule has 2 aromatic rings. The molecule has 1 N–H and O–H groups in total. The Bertz CT molecular complexity index is 851. The van der Waals surface area contributed by atoms with Crippen LogP contribution in [0.25, 0.3) is 0 Å². The Kier molecular flexibility index (Phi) is 5.47. The number of carbonyl (C=O) groups excluding carboxylic acids is 1. The summed E-state index contributed by atoms with van der Waals surface area (Å²) in [7, 11) is 0. The van der Waals surface area contributed by atoms with Crippen LogP contribution in [0.5, 0.6) is 0 Å². The average Bonchev–Trinajstić information content (AvgIpc) is 2.61. The summed E-state index contributed by atoms with van der Waals surface area (Å²) in [6, 6.07) is 17.9. The minimum absolute atomic E-state index is 0.0526. The van der Waals surface area contributed by atoms with Crippen LogP contribution in [-0.4, -0.2) is 5.91 Å². The Labute approximate surface area is 156 Å². The zero-order chi connectivity index (χ0) is 17.8. The number of hydrogen-bond donors (Lipinski definition) is 1. The maximum Gasteiger partial charge on any atom is 0.225 e. The van der Waals surface area contributed by atoms with Crippen molar-refractivity contribution in [3.05, 3.63) is 80.8 Å². The highest BCUT2D eigenvalue weighted by atomic mass is 35.5. The summed E-state index contributed by atoms with van der Waals surface area (Å²) >= 11 is 7.38. The highest BCUT2D eigenvalue weighted by Crippen LogP contribution is 2.36. The van der Waals surface area contributed by atoms with E-state index >= 15 is 0 Å². The van der Waals surface area contributed by atoms with Crippen LogP contribution in [0.3, 0.4) is 0 Å². The molecule has 3 rings (SSSR count). The van der Waals surface area contributed by atoms with Gasteiger partial charge in [0.15, 0.2) is 0 Å². The third-order valence-electron chi connectivity index (χ3n) is 4.13. The highest BCUT2D eigenvalue weighted by molar-refractivity contribution is 8.02. The molecule has 1 aliphatic rings. The molecule has 25 heavy (non-hydrogen) atoms. The first-order valence-electron chi connectivity index (χ1n) is 7.94. The van der Waals surface area contributed by atoms with Gasteiger partial charge in [-0.2, -0.15) is 5.26 Å². The fraction of sp³-hybridized carbons (Fsp3) is 0.200. The Morgan fingerprint density at radius 3 is 2.52 bits per heavy atom. The Balaban J connectivity index is 1.86. The van der Waals surface area contributed by atoms with E-state index in [1.54, 1.807) is 0 Å². The van der Waals surface area contributed by atoms with E-state index in [4.69, 9.17) is 11.6 Å². The van der Waals surface area contributed by atoms with Crippen molar-refractivity contribution in [1.29, 1.82) is 5.26 Å². The summed E-state index contributed by atoms with van der Waals surface area (Å²) < 4.78 is 0. The highest BCUT2D eigenvalue weighted by Gasteiger charge is 2.29. The SMILES string of the molecule is Cc1ccc([C@@H]2CC(=O)NC(SCc3ccc(Cl)cc3)=C2C#N)cc1. The third-order valence-corrected chi connectivity index (χ3v) is 5.47. The number of rotatable bonds is 4. The number of hydrogen-bond acceptors (Lipinski definition) is 3. The maximum absolute atomic E-state index is 12.2. The molecule has 0 saturated heterocycles. The molecule has 126 valence electrons. The first-order chi connectivity index (χ1) is 12.1. The van der Waals surface area contributed by atoms with Crippen LogP contribution >= 0.6 is 23.4 Å². The quantitative estimate of drug-likeness (QED) is 0.833. The van der Waals surface area contributed by atoms with Crippen molar-refractivity contribution in [2.75, 3.05) is 0 Å². The average molecular weight is 369 g/mol. The number of amides is 1. The lowest BCUT2D eigenvalue weighted by molar-refractivity contribution is -0.120. The number of nitriles is 1. The summed E-state index contributed by atoms with van der Waals surface area (Å²) in [5, 5.41) is 13.9. The molecular weight excluding hydrogens is 352 g/mol. The van der Waals surface area contributed by atoms with Crippen LogP contribution in [0.15, 0.2) is 59.1 Å². The largest absolute Gasteiger partial charge is 0.320 e. The minimum atomic E-state index is -0.188. The van der Waals surface area contributed by atoms with Crippen LogP contribution in [0.4, 0.5) is 0 Å². The first kappa shape index (κ1) is 17.6. The van der Waals surface area contributed by atoms with Gasteiger partial charge in [0, 0.05) is 23.1 Å². The van der Waals surface area contributed by atoms with Gasteiger partial charge in [-0.1, -0.05) is 53.6 Å². The van der Waals surface area contributed by atoms with E-state index in [1.807, 2.05) is 55.5 Å². The van der Waals surface area contributed by atoms with Crippen molar-refractivity contribution < 1.29 is 4.79 Å². The van der Waals surface area contributed by atoms with E-state index < -0.39 is 0 Å². The topological polar surface area (TPSA) is 52.9 Å². The molecule has 1 aliphatic heterocycles. The lowest BCUT2D eigenvalue weighted by Crippen LogP contribution is -2.30. The van der Waals surface area contributed by atoms with Gasteiger partial charge >= 0.3 is 0 Å². The second-order valence-electron chi connectivity index (χ2n) is 5.99. The third kappa shape index (κ3) is 4.25. The Morgan fingerprint density at radius 2 is 1.88 bits per heavy atom. The zero-order valence-corrected chi connectivity index (χ0v) is 15.3. The van der Waals surface area contributed by atoms with Crippen LogP contribution in [0, 0.1) is 18.3 Å². The molecule has 0 saturated carbocycles. The van der Waals surface area contributed by atoms with Crippen molar-refractivity contribution in [1.82, 2.24) is 5.32 Å². The predicted molar refractivity (Wildman–Crippen MR) is 102 cm³/mol. The molecule has 2 aromatic carbocycles. The number of halogens is 1. The van der Waals surface area contributed by atoms with E-state index in [0.717, 1.165) is 16.7 Å². The molecule has 0 spiro atoms. The number of aryl methyl sites for hydroxylation is 1. The summed E-state index contributed by atoms with van der Waals surface area (Å²) in [5.74, 6) is 0.425. The summed E-state index contributed by atoms with van der Waals surface area (Å²) in [5.41, 5.74) is 3.87. The van der Waals surface area contributed by atoms with Crippen molar-refractivity contribution in [3.63, 3.8) is 0 Å². The molecule has 0 aromatic heterocycles. The summed E-state index contributed by atoms with van der Waals surface area (Å²) in [4.78, 5) is 12.2. The van der Waals surface area contributed by atoms with Gasteiger partial charge in [0.1, 0.15) is 0 Å². The van der Waals surface area contributed by atoms with Gasteiger partial charge in [0.25, 0.3) is 0 Å². The standard InChI is InChI=1S/C20H17ClN2OS/c1-13-2-6-15(7-3-13)17-10-19(24)23-20(18(17)11-22)25-12-14-4-8-16(21)9-5-14/h2-9,17H,10,12H2,1H3,(H,23,24)/t17-/m0/s1. The van der Waals surface area contributed by atoms with Gasteiger partial charge in [-0.05, 0) is 30.2 Å². The normalized spacial score (nSPS) is 17.2. The van der Waals surface area contributed by atoms with E-state index in [0.29, 0.717) is 27.8 Å². The molecule has 1 atom stereocenters. The van der Waals surface area contributed by atoms with Crippen LogP contribution < -0.4 is 5.32 Å². The van der Waals surface area contributed by atoms with Gasteiger partial charge in [0.05, 0.1) is 16.7 Å². The number of nitrogens with zero attached hydrogens (tertiary/aromatic N) is 1. The van der Waals surface area contributed by atoms with Gasteiger partial charge in [-0.25, -0.2) is 0 Å². The van der Waals surface area contributed by atoms with Gasteiger partial charge in [0.2, 0.25) is 5.91 Å². The number of thioether (sulfide) groups is 1. The number of benzene rings is 2. The first-order valence-corrected chi connectivity index (χ1v) is 9.31. The van der Waals surface area contributed by atoms with Crippen molar-refractivity contribution >= 4 is 29.3 Å². The zero-order valence-electron chi connectivity index (χ0n) is 13.8. The molecule has 1 heterocycles. The molecule has 5 heteroatoms. The molecular formula is C20H17ClN2OS. The second-order valence-corrected chi connectivity index (χ2v) is 7.41. The fourth-order valence-corrected chi connectivity index (χ4v) is 3.91. The van der Waals surface area contributed by atoms with Gasteiger partial charge < -0.3 is 5.32 Å². The van der Waals surface area contributed by atoms with E-state index in [-0.39, 0.29) is 11.8 Å². The Morgan fingerprint density at radius 1 is 1.20 bits per heavy atom. The maximum atomic E-state index is 12.2. The minimum Gasteiger partial charge on any atom is -0.320 e. The lowest BCUT2D eigenvalue weighted by Gasteiger charge is -2.25. The van der Waals surface area contributed by atoms with Crippen molar-refractivity contribution in [2.24, 2.45) is 0 Å². The molecule has 0 bridgehead atoms. The smallest absolute Gasteiger partial charge is 0.225 e. The molecule has 0 aliphatic carbocycles. The van der Waals surface area contributed by atoms with Crippen molar-refractivity contribution in [3.8, 4) is 6.07 Å². The van der Waals surface area contributed by atoms with Crippen LogP contribution in [0.1, 0.15) is 29.0 Å². The Hall–Kier alpha value is -2.22. The number of allylic oxidation sites excluding steroid dienone is 1. The van der Waals surface area contributed by atoms with Crippen LogP contribution in [0.2, 0.25) is 5.02 Å². The summed E-state index contributed by atoms with van der Waals surface area (Å²) in [6.45, 7) is 2.02. The summed E-state index contributed by atoms with van der Waals surface area (Å²) in [6.07, 6.45) is 0.303. The number of nitrogens with one attached hydrogen (secondary N) is 1. The fourth-order valence-electron chi connectivity index (χ4n) is 2.75. The van der Waals surface area contributed by atoms with E-state index in [1.165, 1.54) is 11.8 Å². The van der Waals surface area contributed by atoms with Crippen molar-refractivity contribution in [2.45, 2.75) is 25.0 Å². The van der Waals surface area contributed by atoms with Gasteiger partial charge in [-0.15, -0.1) is 11.8 Å². The second kappa shape index (κ2) is 7.77. The lowest BCUT2D eigenvalue weighted by atomic mass is 9.87. The van der Waals surface area contributed by atoms with Crippen LogP contribution in [-0.2, 0) is 10.5 Å². The van der Waals surface area contributed by atoms with E-state index in [9.17, 15) is 10.1 Å². The molecule has 0 unspecified atom stereocenters. The molecule has 1 amide bonds. The molecule has 3 nitrogen and oxygen atoms in total. The van der Waals surface area contributed by atoms with E-state index in [2.05, 4.69) is 11.4 Å². The predicted octanol–water partition coefficient (Wildman–Crippen LogP) is 4.92. The number of carbonyl (C=O) groups is 1. The molecule has 0 fully saturated rings. The molecule has 0 radical (unpaired) electrons. The monoisotopic (exact) mass is 368 g/mol.